The van der Waals surface area contributed by atoms with Crippen LogP contribution in [0.3, 0.4) is 0 Å². The van der Waals surface area contributed by atoms with E-state index in [1.165, 1.54) is 29.6 Å². The lowest BCUT2D eigenvalue weighted by molar-refractivity contribution is -0.157. The summed E-state index contributed by atoms with van der Waals surface area (Å²) < 4.78 is 11.0. The van der Waals surface area contributed by atoms with Gasteiger partial charge in [0.25, 0.3) is 0 Å². The lowest BCUT2D eigenvalue weighted by atomic mass is 9.47. The summed E-state index contributed by atoms with van der Waals surface area (Å²) in [5, 5.41) is 2.52. The SMILES string of the molecule is CC(C)C(=O)CNC(=O)COCC(=O)O[C@H]1CC[C@@]2(C)C(=CC[C@@H]3[C@@H]2CC[C@]2(C)C(c4cccnc4)=CC[C@@H]32)C1. The van der Waals surface area contributed by atoms with Crippen LogP contribution in [0.1, 0.15) is 78.2 Å². The lowest BCUT2D eigenvalue weighted by Crippen LogP contribution is -2.50. The number of rotatable bonds is 9. The monoisotopic (exact) mass is 548 g/mol. The molecular formula is C33H44N2O5. The van der Waals surface area contributed by atoms with Gasteiger partial charge in [0.15, 0.2) is 5.78 Å². The Balaban J connectivity index is 1.14. The van der Waals surface area contributed by atoms with Crippen molar-refractivity contribution in [1.82, 2.24) is 10.3 Å². The average molecular weight is 549 g/mol. The third-order valence-electron chi connectivity index (χ3n) is 10.5. The number of ether oxygens (including phenoxy) is 2. The van der Waals surface area contributed by atoms with Crippen molar-refractivity contribution in [2.24, 2.45) is 34.5 Å². The van der Waals surface area contributed by atoms with Crippen molar-refractivity contribution >= 4 is 23.2 Å². The number of aromatic nitrogens is 1. The van der Waals surface area contributed by atoms with E-state index in [2.05, 4.69) is 42.4 Å². The van der Waals surface area contributed by atoms with Crippen LogP contribution in [0.4, 0.5) is 0 Å². The minimum Gasteiger partial charge on any atom is -0.460 e. The molecule has 1 amide bonds. The molecule has 0 spiro atoms. The molecule has 1 heterocycles. The van der Waals surface area contributed by atoms with E-state index in [9.17, 15) is 14.4 Å². The molecule has 7 heteroatoms. The van der Waals surface area contributed by atoms with E-state index >= 15 is 0 Å². The van der Waals surface area contributed by atoms with Crippen LogP contribution >= 0.6 is 0 Å². The molecule has 2 fully saturated rings. The highest BCUT2D eigenvalue weighted by Gasteiger charge is 2.57. The summed E-state index contributed by atoms with van der Waals surface area (Å²) >= 11 is 0. The van der Waals surface area contributed by atoms with Gasteiger partial charge in [-0.2, -0.15) is 0 Å². The van der Waals surface area contributed by atoms with Crippen LogP contribution in [0.15, 0.2) is 42.3 Å². The number of pyridine rings is 1. The van der Waals surface area contributed by atoms with Gasteiger partial charge in [-0.05, 0) is 84.3 Å². The Morgan fingerprint density at radius 3 is 2.60 bits per heavy atom. The molecule has 0 aromatic carbocycles. The van der Waals surface area contributed by atoms with E-state index in [-0.39, 0.29) is 48.4 Å². The Bertz CT molecular complexity index is 1190. The number of carbonyl (C=O) groups excluding carboxylic acids is 3. The molecule has 0 bridgehead atoms. The van der Waals surface area contributed by atoms with Gasteiger partial charge >= 0.3 is 5.97 Å². The molecule has 0 saturated heterocycles. The molecule has 0 aliphatic heterocycles. The van der Waals surface area contributed by atoms with Crippen LogP contribution in [0.25, 0.3) is 5.57 Å². The summed E-state index contributed by atoms with van der Waals surface area (Å²) in [6, 6.07) is 4.25. The maximum absolute atomic E-state index is 12.5. The zero-order chi connectivity index (χ0) is 28.5. The highest BCUT2D eigenvalue weighted by atomic mass is 16.6. The van der Waals surface area contributed by atoms with E-state index in [1.54, 1.807) is 13.8 Å². The molecule has 4 aliphatic rings. The molecule has 0 unspecified atom stereocenters. The van der Waals surface area contributed by atoms with Gasteiger partial charge < -0.3 is 14.8 Å². The van der Waals surface area contributed by atoms with E-state index in [1.807, 2.05) is 18.5 Å². The maximum atomic E-state index is 12.5. The fraction of sp³-hybridized carbons (Fsp3) is 0.636. The summed E-state index contributed by atoms with van der Waals surface area (Å²) in [6.45, 7) is 7.94. The molecule has 6 atom stereocenters. The number of hydrogen-bond acceptors (Lipinski definition) is 6. The normalized spacial score (nSPS) is 32.7. The van der Waals surface area contributed by atoms with Gasteiger partial charge in [-0.15, -0.1) is 0 Å². The van der Waals surface area contributed by atoms with Gasteiger partial charge in [-0.3, -0.25) is 14.6 Å². The lowest BCUT2D eigenvalue weighted by Gasteiger charge is -2.57. The van der Waals surface area contributed by atoms with Crippen molar-refractivity contribution in [1.29, 1.82) is 0 Å². The molecule has 7 nitrogen and oxygen atoms in total. The fourth-order valence-electron chi connectivity index (χ4n) is 8.15. The van der Waals surface area contributed by atoms with Crippen LogP contribution < -0.4 is 5.32 Å². The molecule has 0 radical (unpaired) electrons. The minimum absolute atomic E-state index is 0.0235. The fourth-order valence-corrected chi connectivity index (χ4v) is 8.15. The summed E-state index contributed by atoms with van der Waals surface area (Å²) in [5.41, 5.74) is 4.58. The highest BCUT2D eigenvalue weighted by Crippen LogP contribution is 2.66. The Hall–Kier alpha value is -2.80. The van der Waals surface area contributed by atoms with Crippen molar-refractivity contribution in [3.8, 4) is 0 Å². The molecule has 1 aromatic heterocycles. The van der Waals surface area contributed by atoms with Crippen LogP contribution in [-0.4, -0.2) is 48.5 Å². The minimum atomic E-state index is -0.442. The van der Waals surface area contributed by atoms with Crippen molar-refractivity contribution in [2.75, 3.05) is 19.8 Å². The topological polar surface area (TPSA) is 94.6 Å². The summed E-state index contributed by atoms with van der Waals surface area (Å²) in [4.78, 5) is 40.4. The van der Waals surface area contributed by atoms with Gasteiger partial charge in [0.2, 0.25) is 5.91 Å². The first-order valence-electron chi connectivity index (χ1n) is 15.0. The van der Waals surface area contributed by atoms with Gasteiger partial charge in [0.05, 0.1) is 6.54 Å². The Labute approximate surface area is 238 Å². The van der Waals surface area contributed by atoms with Crippen LogP contribution in [0.5, 0.6) is 0 Å². The molecule has 1 aromatic rings. The zero-order valence-electron chi connectivity index (χ0n) is 24.4. The van der Waals surface area contributed by atoms with Gasteiger partial charge in [0, 0.05) is 24.7 Å². The number of nitrogens with zero attached hydrogens (tertiary/aromatic N) is 1. The largest absolute Gasteiger partial charge is 0.460 e. The number of hydrogen-bond donors (Lipinski definition) is 1. The predicted octanol–water partition coefficient (Wildman–Crippen LogP) is 5.31. The van der Waals surface area contributed by atoms with Gasteiger partial charge in [-0.25, -0.2) is 4.79 Å². The molecule has 1 N–H and O–H groups in total. The van der Waals surface area contributed by atoms with E-state index < -0.39 is 11.9 Å². The van der Waals surface area contributed by atoms with Gasteiger partial charge in [-0.1, -0.05) is 51.5 Å². The summed E-state index contributed by atoms with van der Waals surface area (Å²) in [6.07, 6.45) is 16.0. The first kappa shape index (κ1) is 28.7. The second-order valence-electron chi connectivity index (χ2n) is 13.1. The molecule has 4 aliphatic carbocycles. The molecule has 2 saturated carbocycles. The number of nitrogens with one attached hydrogen (secondary N) is 1. The molecular weight excluding hydrogens is 504 g/mol. The van der Waals surface area contributed by atoms with Crippen molar-refractivity contribution in [3.63, 3.8) is 0 Å². The number of Topliss-reactive ketones (excluding diaryl/α,β-unsaturated/α-hetero) is 1. The van der Waals surface area contributed by atoms with Gasteiger partial charge in [0.1, 0.15) is 19.3 Å². The van der Waals surface area contributed by atoms with E-state index in [0.29, 0.717) is 17.8 Å². The average Bonchev–Trinajstić information content (AvgIpc) is 3.29. The smallest absolute Gasteiger partial charge is 0.332 e. The first-order valence-corrected chi connectivity index (χ1v) is 15.0. The Kier molecular flexibility index (Phi) is 8.32. The van der Waals surface area contributed by atoms with E-state index in [4.69, 9.17) is 9.47 Å². The number of fused-ring (bicyclic) bond motifs is 5. The van der Waals surface area contributed by atoms with Crippen LogP contribution in [0.2, 0.25) is 0 Å². The zero-order valence-corrected chi connectivity index (χ0v) is 24.4. The third kappa shape index (κ3) is 5.54. The number of ketones is 1. The standard InChI is InChI=1S/C33H44N2O5/c1-21(2)29(36)18-35-30(37)19-39-20-31(38)40-24-11-13-32(3)23(16-24)7-8-25-27-10-9-26(22-6-5-15-34-17-22)33(27,4)14-12-28(25)32/h5-7,9,15,17,21,24-25,27-28H,8,10-14,16,18-20H2,1-4H3,(H,35,37)/t24-,25-,27-,28-,32-,33+/m0/s1. The second-order valence-corrected chi connectivity index (χ2v) is 13.1. The molecule has 40 heavy (non-hydrogen) atoms. The second kappa shape index (κ2) is 11.6. The van der Waals surface area contributed by atoms with Crippen LogP contribution in [-0.2, 0) is 23.9 Å². The maximum Gasteiger partial charge on any atom is 0.332 e. The molecule has 216 valence electrons. The number of amides is 1. The predicted molar refractivity (Wildman–Crippen MR) is 153 cm³/mol. The van der Waals surface area contributed by atoms with Crippen LogP contribution in [0, 0.1) is 34.5 Å². The van der Waals surface area contributed by atoms with Crippen molar-refractivity contribution < 1.29 is 23.9 Å². The quantitative estimate of drug-likeness (QED) is 0.332. The number of carbonyl (C=O) groups is 3. The summed E-state index contributed by atoms with van der Waals surface area (Å²) in [5.74, 6) is 0.956. The summed E-state index contributed by atoms with van der Waals surface area (Å²) in [7, 11) is 0. The first-order chi connectivity index (χ1) is 19.1. The van der Waals surface area contributed by atoms with Crippen molar-refractivity contribution in [3.05, 3.63) is 47.8 Å². The highest BCUT2D eigenvalue weighted by molar-refractivity contribution is 5.87. The Morgan fingerprint density at radius 2 is 1.85 bits per heavy atom. The number of esters is 1. The Morgan fingerprint density at radius 1 is 1.05 bits per heavy atom. The number of allylic oxidation sites excluding steroid dienone is 3. The third-order valence-corrected chi connectivity index (χ3v) is 10.5. The van der Waals surface area contributed by atoms with E-state index in [0.717, 1.165) is 32.1 Å². The molecule has 5 rings (SSSR count). The van der Waals surface area contributed by atoms with Crippen molar-refractivity contribution in [2.45, 2.75) is 78.7 Å².